The number of hydrogen-bond acceptors (Lipinski definition) is 3. The van der Waals surface area contributed by atoms with Crippen molar-refractivity contribution in [2.75, 3.05) is 18.9 Å². The fourth-order valence-electron chi connectivity index (χ4n) is 2.30. The Bertz CT molecular complexity index is 693. The van der Waals surface area contributed by atoms with Crippen molar-refractivity contribution < 1.29 is 9.53 Å². The molecule has 0 aliphatic heterocycles. The van der Waals surface area contributed by atoms with Crippen molar-refractivity contribution in [2.45, 2.75) is 31.9 Å². The number of carbonyl (C=O) groups is 1. The van der Waals surface area contributed by atoms with Gasteiger partial charge in [-0.3, -0.25) is 4.79 Å². The van der Waals surface area contributed by atoms with Crippen LogP contribution < -0.4 is 10.1 Å². The number of hydrogen-bond donors (Lipinski definition) is 1. The summed E-state index contributed by atoms with van der Waals surface area (Å²) in [5.74, 6) is 2.16. The van der Waals surface area contributed by atoms with Crippen LogP contribution in [0.15, 0.2) is 53.0 Å². The maximum Gasteiger partial charge on any atom is 0.230 e. The Morgan fingerprint density at radius 1 is 1.08 bits per heavy atom. The SMILES string of the molecule is CC(C)(C)c1ccc(OCCNC(=O)CSCc2ccc(Br)cc2)cc1. The number of ether oxygens (including phenoxy) is 1. The Balaban J connectivity index is 1.60. The van der Waals surface area contributed by atoms with Gasteiger partial charge in [0.1, 0.15) is 12.4 Å². The lowest BCUT2D eigenvalue weighted by atomic mass is 9.87. The van der Waals surface area contributed by atoms with Crippen molar-refractivity contribution in [2.24, 2.45) is 0 Å². The molecule has 1 amide bonds. The highest BCUT2D eigenvalue weighted by molar-refractivity contribution is 9.10. The van der Waals surface area contributed by atoms with E-state index < -0.39 is 0 Å². The summed E-state index contributed by atoms with van der Waals surface area (Å²) in [4.78, 5) is 11.9. The molecule has 0 spiro atoms. The molecular weight excluding hydrogens is 410 g/mol. The minimum Gasteiger partial charge on any atom is -0.492 e. The Hall–Kier alpha value is -1.46. The maximum absolute atomic E-state index is 11.9. The number of benzene rings is 2. The zero-order valence-electron chi connectivity index (χ0n) is 15.5. The van der Waals surface area contributed by atoms with E-state index in [1.807, 2.05) is 24.3 Å². The van der Waals surface area contributed by atoms with Gasteiger partial charge in [-0.25, -0.2) is 0 Å². The van der Waals surface area contributed by atoms with E-state index in [1.165, 1.54) is 11.1 Å². The number of amides is 1. The summed E-state index contributed by atoms with van der Waals surface area (Å²) in [6.07, 6.45) is 0. The third-order valence-electron chi connectivity index (χ3n) is 3.83. The molecule has 26 heavy (non-hydrogen) atoms. The van der Waals surface area contributed by atoms with Gasteiger partial charge in [0.05, 0.1) is 12.3 Å². The van der Waals surface area contributed by atoms with Gasteiger partial charge in [0, 0.05) is 10.2 Å². The zero-order chi connectivity index (χ0) is 19.0. The highest BCUT2D eigenvalue weighted by Crippen LogP contribution is 2.24. The summed E-state index contributed by atoms with van der Waals surface area (Å²) >= 11 is 5.03. The standard InChI is InChI=1S/C21H26BrNO2S/c1-21(2,3)17-6-10-19(11-7-17)25-13-12-23-20(24)15-26-14-16-4-8-18(22)9-5-16/h4-11H,12-15H2,1-3H3,(H,23,24). The van der Waals surface area contributed by atoms with Crippen LogP contribution in [0, 0.1) is 0 Å². The summed E-state index contributed by atoms with van der Waals surface area (Å²) in [6, 6.07) is 16.3. The van der Waals surface area contributed by atoms with Gasteiger partial charge in [-0.1, -0.05) is 61.0 Å². The average Bonchev–Trinajstić information content (AvgIpc) is 2.60. The van der Waals surface area contributed by atoms with E-state index in [1.54, 1.807) is 11.8 Å². The average molecular weight is 436 g/mol. The molecule has 0 saturated heterocycles. The predicted octanol–water partition coefficient (Wildman–Crippen LogP) is 5.18. The van der Waals surface area contributed by atoms with Gasteiger partial charge in [-0.15, -0.1) is 11.8 Å². The Morgan fingerprint density at radius 3 is 2.35 bits per heavy atom. The predicted molar refractivity (Wildman–Crippen MR) is 114 cm³/mol. The minimum atomic E-state index is 0.0405. The molecule has 0 aliphatic carbocycles. The second-order valence-electron chi connectivity index (χ2n) is 7.09. The molecule has 0 saturated carbocycles. The second-order valence-corrected chi connectivity index (χ2v) is 8.99. The minimum absolute atomic E-state index is 0.0405. The Kier molecular flexibility index (Phi) is 8.04. The first kappa shape index (κ1) is 20.8. The van der Waals surface area contributed by atoms with Crippen molar-refractivity contribution in [3.63, 3.8) is 0 Å². The highest BCUT2D eigenvalue weighted by atomic mass is 79.9. The summed E-state index contributed by atoms with van der Waals surface area (Å²) in [7, 11) is 0. The van der Waals surface area contributed by atoms with Gasteiger partial charge in [0.25, 0.3) is 0 Å². The van der Waals surface area contributed by atoms with Crippen LogP contribution in [0.1, 0.15) is 31.9 Å². The Labute approximate surface area is 169 Å². The molecule has 0 bridgehead atoms. The van der Waals surface area contributed by atoms with Crippen LogP contribution in [0.3, 0.4) is 0 Å². The van der Waals surface area contributed by atoms with Crippen LogP contribution in [0.5, 0.6) is 5.75 Å². The van der Waals surface area contributed by atoms with Crippen molar-refractivity contribution >= 4 is 33.6 Å². The van der Waals surface area contributed by atoms with Crippen LogP contribution in [-0.2, 0) is 16.0 Å². The molecule has 0 aromatic heterocycles. The quantitative estimate of drug-likeness (QED) is 0.580. The molecule has 0 atom stereocenters. The summed E-state index contributed by atoms with van der Waals surface area (Å²) in [5, 5.41) is 2.89. The van der Waals surface area contributed by atoms with Crippen LogP contribution in [0.25, 0.3) is 0 Å². The number of rotatable bonds is 8. The van der Waals surface area contributed by atoms with Gasteiger partial charge in [0.15, 0.2) is 0 Å². The van der Waals surface area contributed by atoms with Crippen LogP contribution in [0.2, 0.25) is 0 Å². The molecule has 0 aliphatic rings. The van der Waals surface area contributed by atoms with Crippen LogP contribution >= 0.6 is 27.7 Å². The van der Waals surface area contributed by atoms with E-state index >= 15 is 0 Å². The van der Waals surface area contributed by atoms with Gasteiger partial charge in [-0.05, 0) is 40.8 Å². The van der Waals surface area contributed by atoms with E-state index in [0.717, 1.165) is 16.0 Å². The molecule has 0 radical (unpaired) electrons. The normalized spacial score (nSPS) is 11.2. The highest BCUT2D eigenvalue weighted by Gasteiger charge is 2.12. The number of carbonyl (C=O) groups excluding carboxylic acids is 1. The number of nitrogens with one attached hydrogen (secondary N) is 1. The van der Waals surface area contributed by atoms with Crippen molar-refractivity contribution in [3.05, 3.63) is 64.1 Å². The lowest BCUT2D eigenvalue weighted by Crippen LogP contribution is -2.29. The summed E-state index contributed by atoms with van der Waals surface area (Å²) in [6.45, 7) is 7.55. The molecule has 2 rings (SSSR count). The van der Waals surface area contributed by atoms with E-state index in [9.17, 15) is 4.79 Å². The summed E-state index contributed by atoms with van der Waals surface area (Å²) in [5.41, 5.74) is 2.63. The molecule has 5 heteroatoms. The Morgan fingerprint density at radius 2 is 1.73 bits per heavy atom. The van der Waals surface area contributed by atoms with E-state index in [2.05, 4.69) is 66.3 Å². The van der Waals surface area contributed by atoms with Crippen molar-refractivity contribution in [1.82, 2.24) is 5.32 Å². The third-order valence-corrected chi connectivity index (χ3v) is 5.36. The fourth-order valence-corrected chi connectivity index (χ4v) is 3.39. The van der Waals surface area contributed by atoms with Gasteiger partial charge in [0.2, 0.25) is 5.91 Å². The van der Waals surface area contributed by atoms with E-state index in [4.69, 9.17) is 4.74 Å². The molecule has 140 valence electrons. The van der Waals surface area contributed by atoms with Crippen LogP contribution in [0.4, 0.5) is 0 Å². The fraction of sp³-hybridized carbons (Fsp3) is 0.381. The van der Waals surface area contributed by atoms with Gasteiger partial charge >= 0.3 is 0 Å². The van der Waals surface area contributed by atoms with Gasteiger partial charge in [-0.2, -0.15) is 0 Å². The summed E-state index contributed by atoms with van der Waals surface area (Å²) < 4.78 is 6.75. The molecule has 1 N–H and O–H groups in total. The van der Waals surface area contributed by atoms with Crippen molar-refractivity contribution in [1.29, 1.82) is 0 Å². The maximum atomic E-state index is 11.9. The van der Waals surface area contributed by atoms with Crippen LogP contribution in [-0.4, -0.2) is 24.8 Å². The molecule has 3 nitrogen and oxygen atoms in total. The topological polar surface area (TPSA) is 38.3 Å². The van der Waals surface area contributed by atoms with E-state index in [-0.39, 0.29) is 11.3 Å². The largest absolute Gasteiger partial charge is 0.492 e. The zero-order valence-corrected chi connectivity index (χ0v) is 18.0. The lowest BCUT2D eigenvalue weighted by Gasteiger charge is -2.19. The molecule has 0 heterocycles. The monoisotopic (exact) mass is 435 g/mol. The first-order chi connectivity index (χ1) is 12.3. The molecule has 0 unspecified atom stereocenters. The van der Waals surface area contributed by atoms with Gasteiger partial charge < -0.3 is 10.1 Å². The van der Waals surface area contributed by atoms with Crippen molar-refractivity contribution in [3.8, 4) is 5.75 Å². The molecular formula is C21H26BrNO2S. The lowest BCUT2D eigenvalue weighted by molar-refractivity contribution is -0.118. The smallest absolute Gasteiger partial charge is 0.230 e. The first-order valence-electron chi connectivity index (χ1n) is 8.67. The molecule has 0 fully saturated rings. The van der Waals surface area contributed by atoms with E-state index in [0.29, 0.717) is 18.9 Å². The first-order valence-corrected chi connectivity index (χ1v) is 10.6. The molecule has 2 aromatic carbocycles. The molecule has 2 aromatic rings. The number of halogens is 1. The second kappa shape index (κ2) is 10.0. The third kappa shape index (κ3) is 7.42. The number of thioether (sulfide) groups is 1.